The zero-order chi connectivity index (χ0) is 30.4. The largest absolute Gasteiger partial charge is 0.497 e. The molecular weight excluding hydrogens is 565 g/mol. The summed E-state index contributed by atoms with van der Waals surface area (Å²) in [6, 6.07) is 4.39. The first-order valence-corrected chi connectivity index (χ1v) is 12.2. The number of ether oxygens (including phenoxy) is 1. The predicted molar refractivity (Wildman–Crippen MR) is 135 cm³/mol. The Balaban J connectivity index is 2.28. The fourth-order valence-electron chi connectivity index (χ4n) is 3.45. The smallest absolute Gasteiger partial charge is 0.452 e. The van der Waals surface area contributed by atoms with Crippen molar-refractivity contribution in [2.75, 3.05) is 7.11 Å². The van der Waals surface area contributed by atoms with Crippen LogP contribution in [0.4, 0.5) is 22.0 Å². The molecule has 3 atom stereocenters. The molecule has 40 heavy (non-hydrogen) atoms. The zero-order valence-electron chi connectivity index (χ0n) is 21.7. The van der Waals surface area contributed by atoms with Gasteiger partial charge in [0.05, 0.1) is 13.2 Å². The number of nitrogens with one attached hydrogen (secondary N) is 3. The van der Waals surface area contributed by atoms with E-state index in [0.29, 0.717) is 5.75 Å². The minimum Gasteiger partial charge on any atom is -0.497 e. The molecule has 218 valence electrons. The second-order valence-electron chi connectivity index (χ2n) is 9.08. The van der Waals surface area contributed by atoms with Gasteiger partial charge in [-0.25, -0.2) is 0 Å². The Bertz CT molecular complexity index is 1220. The van der Waals surface area contributed by atoms with Crippen molar-refractivity contribution in [1.29, 1.82) is 0 Å². The van der Waals surface area contributed by atoms with E-state index in [-0.39, 0.29) is 10.6 Å². The van der Waals surface area contributed by atoms with Gasteiger partial charge in [-0.05, 0) is 42.7 Å². The highest BCUT2D eigenvalue weighted by molar-refractivity contribution is 6.30. The Morgan fingerprint density at radius 1 is 0.800 bits per heavy atom. The Kier molecular flexibility index (Phi) is 10.6. The van der Waals surface area contributed by atoms with Crippen LogP contribution in [0.3, 0.4) is 0 Å². The summed E-state index contributed by atoms with van der Waals surface area (Å²) in [5.41, 5.74) is -0.620. The van der Waals surface area contributed by atoms with Gasteiger partial charge in [-0.2, -0.15) is 22.0 Å². The SMILES string of the molecule is COc1ccc([C@H](NC(=O)[C@@H](C)NC(=O)C(F)(F)c2ccc(Cl)cc2)C(=O)N[C@H](C(=O)C(F)(F)F)C(C)C)cc1. The lowest BCUT2D eigenvalue weighted by molar-refractivity contribution is -0.175. The van der Waals surface area contributed by atoms with Crippen LogP contribution >= 0.6 is 11.6 Å². The summed E-state index contributed by atoms with van der Waals surface area (Å²) in [5, 5.41) is 6.26. The molecule has 0 fully saturated rings. The number of carbonyl (C=O) groups excluding carboxylic acids is 4. The number of carbonyl (C=O) groups is 4. The molecule has 0 unspecified atom stereocenters. The third kappa shape index (κ3) is 8.13. The molecular formula is C26H27ClF5N3O5. The number of ketones is 1. The molecule has 0 saturated heterocycles. The van der Waals surface area contributed by atoms with E-state index < -0.39 is 65.2 Å². The average Bonchev–Trinajstić information content (AvgIpc) is 2.89. The van der Waals surface area contributed by atoms with Gasteiger partial charge < -0.3 is 20.7 Å². The molecule has 2 aromatic carbocycles. The predicted octanol–water partition coefficient (Wildman–Crippen LogP) is 4.07. The van der Waals surface area contributed by atoms with Crippen molar-refractivity contribution < 1.29 is 45.9 Å². The van der Waals surface area contributed by atoms with E-state index >= 15 is 0 Å². The van der Waals surface area contributed by atoms with Crippen molar-refractivity contribution in [3.8, 4) is 5.75 Å². The van der Waals surface area contributed by atoms with Crippen molar-refractivity contribution in [2.24, 2.45) is 5.92 Å². The second-order valence-corrected chi connectivity index (χ2v) is 9.52. The van der Waals surface area contributed by atoms with E-state index in [0.717, 1.165) is 31.2 Å². The lowest BCUT2D eigenvalue weighted by Gasteiger charge is -2.27. The molecule has 0 aliphatic heterocycles. The van der Waals surface area contributed by atoms with Gasteiger partial charge >= 0.3 is 12.1 Å². The molecule has 3 amide bonds. The first-order chi connectivity index (χ1) is 18.5. The summed E-state index contributed by atoms with van der Waals surface area (Å²) in [5.74, 6) is -11.0. The van der Waals surface area contributed by atoms with Gasteiger partial charge in [0.1, 0.15) is 17.8 Å². The van der Waals surface area contributed by atoms with Crippen LogP contribution in [0.25, 0.3) is 0 Å². The molecule has 2 rings (SSSR count). The Morgan fingerprint density at radius 3 is 1.82 bits per heavy atom. The monoisotopic (exact) mass is 591 g/mol. The first kappa shape index (κ1) is 32.5. The molecule has 0 saturated carbocycles. The molecule has 0 aliphatic carbocycles. The molecule has 0 aliphatic rings. The van der Waals surface area contributed by atoms with Gasteiger partial charge in [0.2, 0.25) is 11.8 Å². The van der Waals surface area contributed by atoms with Gasteiger partial charge in [-0.15, -0.1) is 0 Å². The molecule has 0 aromatic heterocycles. The summed E-state index contributed by atoms with van der Waals surface area (Å²) in [6.45, 7) is 3.64. The lowest BCUT2D eigenvalue weighted by Crippen LogP contribution is -2.55. The molecule has 0 spiro atoms. The summed E-state index contributed by atoms with van der Waals surface area (Å²) >= 11 is 5.68. The fraction of sp³-hybridized carbons (Fsp3) is 0.385. The maximum atomic E-state index is 14.6. The van der Waals surface area contributed by atoms with Gasteiger partial charge in [0, 0.05) is 10.6 Å². The highest BCUT2D eigenvalue weighted by Crippen LogP contribution is 2.29. The number of hydrogen-bond acceptors (Lipinski definition) is 5. The molecule has 0 radical (unpaired) electrons. The Hall–Kier alpha value is -3.74. The minimum atomic E-state index is -5.24. The number of hydrogen-bond donors (Lipinski definition) is 3. The van der Waals surface area contributed by atoms with Gasteiger partial charge in [-0.1, -0.05) is 49.7 Å². The summed E-state index contributed by atoms with van der Waals surface area (Å²) < 4.78 is 73.6. The maximum Gasteiger partial charge on any atom is 0.452 e. The number of amides is 3. The molecule has 14 heteroatoms. The van der Waals surface area contributed by atoms with E-state index in [9.17, 15) is 41.1 Å². The van der Waals surface area contributed by atoms with Crippen molar-refractivity contribution in [3.63, 3.8) is 0 Å². The van der Waals surface area contributed by atoms with Crippen LogP contribution in [0.15, 0.2) is 48.5 Å². The quantitative estimate of drug-likeness (QED) is 0.341. The normalized spacial score (nSPS) is 14.1. The summed E-state index contributed by atoms with van der Waals surface area (Å²) in [4.78, 5) is 50.2. The number of methoxy groups -OCH3 is 1. The van der Waals surface area contributed by atoms with E-state index in [4.69, 9.17) is 16.3 Å². The van der Waals surface area contributed by atoms with E-state index in [1.54, 1.807) is 0 Å². The van der Waals surface area contributed by atoms with Crippen LogP contribution in [0.2, 0.25) is 5.02 Å². The van der Waals surface area contributed by atoms with E-state index in [1.807, 2.05) is 10.6 Å². The zero-order valence-corrected chi connectivity index (χ0v) is 22.5. The van der Waals surface area contributed by atoms with Crippen LogP contribution in [0.1, 0.15) is 37.9 Å². The topological polar surface area (TPSA) is 114 Å². The highest BCUT2D eigenvalue weighted by atomic mass is 35.5. The molecule has 0 bridgehead atoms. The highest BCUT2D eigenvalue weighted by Gasteiger charge is 2.46. The van der Waals surface area contributed by atoms with Gasteiger partial charge in [-0.3, -0.25) is 19.2 Å². The third-order valence-electron chi connectivity index (χ3n) is 5.76. The maximum absolute atomic E-state index is 14.6. The minimum absolute atomic E-state index is 0.0682. The van der Waals surface area contributed by atoms with Gasteiger partial charge in [0.15, 0.2) is 0 Å². The average molecular weight is 592 g/mol. The fourth-order valence-corrected chi connectivity index (χ4v) is 3.58. The Labute approximate surface area is 231 Å². The summed E-state index contributed by atoms with van der Waals surface area (Å²) in [6.07, 6.45) is -5.24. The van der Waals surface area contributed by atoms with Crippen LogP contribution < -0.4 is 20.7 Å². The van der Waals surface area contributed by atoms with Crippen molar-refractivity contribution in [2.45, 2.75) is 51.0 Å². The van der Waals surface area contributed by atoms with Crippen LogP contribution in [-0.4, -0.2) is 48.9 Å². The second kappa shape index (κ2) is 13.1. The number of alkyl halides is 5. The van der Waals surface area contributed by atoms with Crippen molar-refractivity contribution in [1.82, 2.24) is 16.0 Å². The number of benzene rings is 2. The molecule has 8 nitrogen and oxygen atoms in total. The first-order valence-electron chi connectivity index (χ1n) is 11.8. The lowest BCUT2D eigenvalue weighted by atomic mass is 9.97. The number of Topliss-reactive ketones (excluding diaryl/α,β-unsaturated/α-hetero) is 1. The summed E-state index contributed by atoms with van der Waals surface area (Å²) in [7, 11) is 1.36. The molecule has 2 aromatic rings. The number of halogens is 6. The Morgan fingerprint density at radius 2 is 1.35 bits per heavy atom. The number of rotatable bonds is 11. The molecule has 0 heterocycles. The standard InChI is InChI=1S/C26H27ClF5N3O5/c1-13(2)19(21(36)26(30,31)32)34-23(38)20(15-5-11-18(40-4)12-6-15)35-22(37)14(3)33-24(39)25(28,29)16-7-9-17(27)10-8-16/h5-14,19-20H,1-4H3,(H,33,39)(H,34,38)(H,35,37)/t14-,19+,20+/m1/s1. The van der Waals surface area contributed by atoms with Crippen LogP contribution in [-0.2, 0) is 25.1 Å². The van der Waals surface area contributed by atoms with Crippen molar-refractivity contribution >= 4 is 35.1 Å². The van der Waals surface area contributed by atoms with Crippen molar-refractivity contribution in [3.05, 3.63) is 64.7 Å². The third-order valence-corrected chi connectivity index (χ3v) is 6.01. The van der Waals surface area contributed by atoms with Crippen LogP contribution in [0.5, 0.6) is 5.75 Å². The van der Waals surface area contributed by atoms with E-state index in [1.165, 1.54) is 45.2 Å². The molecule has 3 N–H and O–H groups in total. The van der Waals surface area contributed by atoms with Gasteiger partial charge in [0.25, 0.3) is 11.7 Å². The van der Waals surface area contributed by atoms with Crippen LogP contribution in [0, 0.1) is 5.92 Å². The van der Waals surface area contributed by atoms with E-state index in [2.05, 4.69) is 5.32 Å².